The summed E-state index contributed by atoms with van der Waals surface area (Å²) in [6.45, 7) is -0.366. The van der Waals surface area contributed by atoms with Crippen LogP contribution >= 0.6 is 0 Å². The van der Waals surface area contributed by atoms with Crippen LogP contribution in [0.25, 0.3) is 0 Å². The van der Waals surface area contributed by atoms with E-state index in [0.717, 1.165) is 4.90 Å². The van der Waals surface area contributed by atoms with Gasteiger partial charge in [-0.25, -0.2) is 0 Å². The maximum absolute atomic E-state index is 11.9. The van der Waals surface area contributed by atoms with Crippen LogP contribution in [0.2, 0.25) is 0 Å². The number of rotatable bonds is 3. The van der Waals surface area contributed by atoms with E-state index < -0.39 is 5.91 Å². The van der Waals surface area contributed by atoms with Crippen molar-refractivity contribution in [3.8, 4) is 17.9 Å². The van der Waals surface area contributed by atoms with Crippen molar-refractivity contribution >= 4 is 11.6 Å². The van der Waals surface area contributed by atoms with Crippen LogP contribution < -0.4 is 5.73 Å². The van der Waals surface area contributed by atoms with Crippen molar-refractivity contribution < 1.29 is 9.90 Å². The third-order valence-corrected chi connectivity index (χ3v) is 2.09. The summed E-state index contributed by atoms with van der Waals surface area (Å²) < 4.78 is 0. The van der Waals surface area contributed by atoms with Gasteiger partial charge < -0.3 is 15.7 Å². The Morgan fingerprint density at radius 3 is 2.41 bits per heavy atom. The molecule has 0 aliphatic heterocycles. The van der Waals surface area contributed by atoms with E-state index in [2.05, 4.69) is 0 Å². The van der Waals surface area contributed by atoms with Gasteiger partial charge in [0.1, 0.15) is 18.8 Å². The molecule has 17 heavy (non-hydrogen) atoms. The number of aromatic hydroxyl groups is 1. The summed E-state index contributed by atoms with van der Waals surface area (Å²) in [6.07, 6.45) is 0. The van der Waals surface area contributed by atoms with Crippen LogP contribution in [0, 0.1) is 22.7 Å². The van der Waals surface area contributed by atoms with Crippen LogP contribution in [-0.4, -0.2) is 29.0 Å². The van der Waals surface area contributed by atoms with Crippen LogP contribution in [0.4, 0.5) is 5.69 Å². The van der Waals surface area contributed by atoms with Gasteiger partial charge in [-0.3, -0.25) is 4.79 Å². The fraction of sp³-hybridized carbons (Fsp3) is 0.182. The number of hydrogen-bond donors (Lipinski definition) is 2. The third kappa shape index (κ3) is 2.86. The Kier molecular flexibility index (Phi) is 3.91. The van der Waals surface area contributed by atoms with E-state index in [1.54, 1.807) is 12.1 Å². The molecule has 6 nitrogen and oxygen atoms in total. The third-order valence-electron chi connectivity index (χ3n) is 2.09. The minimum atomic E-state index is -0.497. The quantitative estimate of drug-likeness (QED) is 0.445. The molecule has 0 aliphatic rings. The summed E-state index contributed by atoms with van der Waals surface area (Å²) in [5.74, 6) is -0.701. The molecule has 0 unspecified atom stereocenters. The van der Waals surface area contributed by atoms with E-state index in [9.17, 15) is 9.90 Å². The van der Waals surface area contributed by atoms with E-state index in [1.807, 2.05) is 0 Å². The van der Waals surface area contributed by atoms with Crippen molar-refractivity contribution in [3.63, 3.8) is 0 Å². The highest BCUT2D eigenvalue weighted by Crippen LogP contribution is 2.21. The zero-order valence-electron chi connectivity index (χ0n) is 8.92. The second kappa shape index (κ2) is 5.38. The highest BCUT2D eigenvalue weighted by molar-refractivity contribution is 5.95. The summed E-state index contributed by atoms with van der Waals surface area (Å²) in [5.41, 5.74) is 5.75. The number of nitrogen functional groups attached to an aromatic ring is 1. The Balaban J connectivity index is 2.98. The molecule has 0 radical (unpaired) electrons. The number of nitrogens with zero attached hydrogens (tertiary/aromatic N) is 3. The number of phenolic OH excluding ortho intramolecular Hbond substituents is 1. The molecule has 1 aromatic carbocycles. The number of nitrogens with two attached hydrogens (primary N) is 1. The first kappa shape index (κ1) is 12.3. The van der Waals surface area contributed by atoms with Gasteiger partial charge in [-0.2, -0.15) is 10.5 Å². The lowest BCUT2D eigenvalue weighted by atomic mass is 10.1. The Hall–Kier alpha value is -2.73. The van der Waals surface area contributed by atoms with Crippen molar-refractivity contribution in [1.29, 1.82) is 10.5 Å². The topological polar surface area (TPSA) is 114 Å². The Morgan fingerprint density at radius 2 is 1.94 bits per heavy atom. The minimum Gasteiger partial charge on any atom is -0.506 e. The predicted octanol–water partition coefficient (Wildman–Crippen LogP) is 0.464. The maximum atomic E-state index is 11.9. The zero-order chi connectivity index (χ0) is 12.8. The number of carbonyl (C=O) groups is 1. The van der Waals surface area contributed by atoms with Crippen molar-refractivity contribution in [2.24, 2.45) is 0 Å². The van der Waals surface area contributed by atoms with Gasteiger partial charge >= 0.3 is 0 Å². The van der Waals surface area contributed by atoms with Crippen LogP contribution in [0.1, 0.15) is 10.4 Å². The lowest BCUT2D eigenvalue weighted by Gasteiger charge is -2.15. The largest absolute Gasteiger partial charge is 0.506 e. The summed E-state index contributed by atoms with van der Waals surface area (Å²) >= 11 is 0. The molecule has 3 N–H and O–H groups in total. The highest BCUT2D eigenvalue weighted by Gasteiger charge is 2.16. The highest BCUT2D eigenvalue weighted by atomic mass is 16.3. The number of carbonyl (C=O) groups excluding carboxylic acids is 1. The zero-order valence-corrected chi connectivity index (χ0v) is 8.92. The summed E-state index contributed by atoms with van der Waals surface area (Å²) in [6, 6.07) is 7.62. The standard InChI is InChI=1S/C11H10N4O2/c12-3-5-15(6-4-13)11(17)8-1-2-9(14)10(16)7-8/h1-2,7,16H,5-6,14H2. The molecule has 86 valence electrons. The molecule has 0 heterocycles. The van der Waals surface area contributed by atoms with Gasteiger partial charge in [0, 0.05) is 5.56 Å². The lowest BCUT2D eigenvalue weighted by Crippen LogP contribution is -2.31. The molecular weight excluding hydrogens is 220 g/mol. The second-order valence-electron chi connectivity index (χ2n) is 3.25. The number of phenols is 1. The number of hydrogen-bond acceptors (Lipinski definition) is 5. The van der Waals surface area contributed by atoms with E-state index in [1.165, 1.54) is 18.2 Å². The molecule has 0 atom stereocenters. The van der Waals surface area contributed by atoms with Gasteiger partial charge in [0.05, 0.1) is 17.8 Å². The van der Waals surface area contributed by atoms with Crippen molar-refractivity contribution in [2.45, 2.75) is 0 Å². The molecule has 0 aliphatic carbocycles. The normalized spacial score (nSPS) is 9.06. The first-order chi connectivity index (χ1) is 8.10. The molecule has 1 amide bonds. The average Bonchev–Trinajstić information content (AvgIpc) is 2.31. The predicted molar refractivity (Wildman–Crippen MR) is 59.6 cm³/mol. The van der Waals surface area contributed by atoms with Crippen LogP contribution in [0.3, 0.4) is 0 Å². The van der Waals surface area contributed by atoms with E-state index in [0.29, 0.717) is 0 Å². The number of amides is 1. The molecule has 0 spiro atoms. The molecule has 1 aromatic rings. The number of benzene rings is 1. The molecule has 0 fully saturated rings. The van der Waals surface area contributed by atoms with Gasteiger partial charge in [0.15, 0.2) is 0 Å². The van der Waals surface area contributed by atoms with Crippen LogP contribution in [0.15, 0.2) is 18.2 Å². The lowest BCUT2D eigenvalue weighted by molar-refractivity contribution is 0.0794. The van der Waals surface area contributed by atoms with Gasteiger partial charge in [-0.05, 0) is 18.2 Å². The number of anilines is 1. The van der Waals surface area contributed by atoms with Gasteiger partial charge in [-0.1, -0.05) is 0 Å². The van der Waals surface area contributed by atoms with E-state index in [-0.39, 0.29) is 30.1 Å². The first-order valence-electron chi connectivity index (χ1n) is 4.71. The molecule has 0 aromatic heterocycles. The Bertz CT molecular complexity index is 497. The smallest absolute Gasteiger partial charge is 0.255 e. The molecule has 0 saturated heterocycles. The Morgan fingerprint density at radius 1 is 1.35 bits per heavy atom. The van der Waals surface area contributed by atoms with Crippen LogP contribution in [0.5, 0.6) is 5.75 Å². The van der Waals surface area contributed by atoms with Crippen molar-refractivity contribution in [2.75, 3.05) is 18.8 Å². The first-order valence-corrected chi connectivity index (χ1v) is 4.71. The fourth-order valence-electron chi connectivity index (χ4n) is 1.23. The van der Waals surface area contributed by atoms with E-state index in [4.69, 9.17) is 16.3 Å². The molecule has 1 rings (SSSR count). The van der Waals surface area contributed by atoms with Crippen LogP contribution in [-0.2, 0) is 0 Å². The van der Waals surface area contributed by atoms with E-state index >= 15 is 0 Å². The summed E-state index contributed by atoms with van der Waals surface area (Å²) in [5, 5.41) is 26.4. The fourth-order valence-corrected chi connectivity index (χ4v) is 1.23. The molecule has 6 heteroatoms. The molecule has 0 saturated carbocycles. The average molecular weight is 230 g/mol. The van der Waals surface area contributed by atoms with Crippen molar-refractivity contribution in [3.05, 3.63) is 23.8 Å². The minimum absolute atomic E-state index is 0.161. The SMILES string of the molecule is N#CCN(CC#N)C(=O)c1ccc(N)c(O)c1. The second-order valence-corrected chi connectivity index (χ2v) is 3.25. The van der Waals surface area contributed by atoms with Gasteiger partial charge in [-0.15, -0.1) is 0 Å². The van der Waals surface area contributed by atoms with Gasteiger partial charge in [0.25, 0.3) is 5.91 Å². The number of nitriles is 2. The monoisotopic (exact) mass is 230 g/mol. The summed E-state index contributed by atoms with van der Waals surface area (Å²) in [4.78, 5) is 12.9. The molecular formula is C11H10N4O2. The van der Waals surface area contributed by atoms with Gasteiger partial charge in [0.2, 0.25) is 0 Å². The summed E-state index contributed by atoms with van der Waals surface area (Å²) in [7, 11) is 0. The van der Waals surface area contributed by atoms with Crippen molar-refractivity contribution in [1.82, 2.24) is 4.90 Å². The Labute approximate surface area is 98.1 Å². The molecule has 0 bridgehead atoms. The maximum Gasteiger partial charge on any atom is 0.255 e.